The first-order chi connectivity index (χ1) is 9.06. The monoisotopic (exact) mass is 325 g/mol. The molecule has 0 bridgehead atoms. The zero-order valence-electron chi connectivity index (χ0n) is 10.0. The van der Waals surface area contributed by atoms with Crippen LogP contribution in [0.1, 0.15) is 11.7 Å². The number of aliphatic hydroxyl groups excluding tert-OH is 1. The molecule has 0 saturated carbocycles. The molecule has 0 aliphatic heterocycles. The molecule has 0 saturated heterocycles. The van der Waals surface area contributed by atoms with Gasteiger partial charge in [-0.15, -0.1) is 0 Å². The molecule has 0 fully saturated rings. The summed E-state index contributed by atoms with van der Waals surface area (Å²) in [5, 5.41) is 9.98. The van der Waals surface area contributed by atoms with E-state index in [1.807, 2.05) is 0 Å². The highest BCUT2D eigenvalue weighted by atomic mass is 79.9. The minimum Gasteiger partial charge on any atom is -0.489 e. The van der Waals surface area contributed by atoms with Crippen LogP contribution < -0.4 is 10.5 Å². The van der Waals surface area contributed by atoms with E-state index in [0.29, 0.717) is 21.5 Å². The SMILES string of the molecule is Nc1cccc(C(O)COc2cc(F)ccc2Br)c1. The van der Waals surface area contributed by atoms with Gasteiger partial charge in [0.2, 0.25) is 0 Å². The average molecular weight is 326 g/mol. The number of benzene rings is 2. The lowest BCUT2D eigenvalue weighted by Gasteiger charge is -2.14. The van der Waals surface area contributed by atoms with Crippen molar-refractivity contribution in [3.8, 4) is 5.75 Å². The molecule has 0 heterocycles. The van der Waals surface area contributed by atoms with E-state index >= 15 is 0 Å². The fourth-order valence-electron chi connectivity index (χ4n) is 1.62. The third kappa shape index (κ3) is 3.68. The minimum atomic E-state index is -0.821. The summed E-state index contributed by atoms with van der Waals surface area (Å²) in [5.41, 5.74) is 6.87. The van der Waals surface area contributed by atoms with E-state index in [1.165, 1.54) is 12.1 Å². The summed E-state index contributed by atoms with van der Waals surface area (Å²) in [6.45, 7) is 0.0194. The lowest BCUT2D eigenvalue weighted by Crippen LogP contribution is -2.10. The lowest BCUT2D eigenvalue weighted by atomic mass is 10.1. The molecule has 3 nitrogen and oxygen atoms in total. The molecule has 0 aromatic heterocycles. The van der Waals surface area contributed by atoms with E-state index in [-0.39, 0.29) is 6.61 Å². The van der Waals surface area contributed by atoms with Gasteiger partial charge in [-0.25, -0.2) is 4.39 Å². The maximum atomic E-state index is 13.1. The maximum absolute atomic E-state index is 13.1. The van der Waals surface area contributed by atoms with Crippen molar-refractivity contribution in [2.75, 3.05) is 12.3 Å². The number of rotatable bonds is 4. The summed E-state index contributed by atoms with van der Waals surface area (Å²) in [5.74, 6) is -0.0420. The van der Waals surface area contributed by atoms with Crippen molar-refractivity contribution < 1.29 is 14.2 Å². The summed E-state index contributed by atoms with van der Waals surface area (Å²) in [4.78, 5) is 0. The van der Waals surface area contributed by atoms with Crippen molar-refractivity contribution in [3.05, 3.63) is 58.3 Å². The molecular formula is C14H13BrFNO2. The molecule has 19 heavy (non-hydrogen) atoms. The zero-order valence-corrected chi connectivity index (χ0v) is 11.6. The van der Waals surface area contributed by atoms with Crippen LogP contribution in [0.5, 0.6) is 5.75 Å². The normalized spacial score (nSPS) is 12.2. The van der Waals surface area contributed by atoms with Crippen LogP contribution >= 0.6 is 15.9 Å². The van der Waals surface area contributed by atoms with Crippen LogP contribution in [0.3, 0.4) is 0 Å². The Kier molecular flexibility index (Phi) is 4.39. The highest BCUT2D eigenvalue weighted by molar-refractivity contribution is 9.10. The van der Waals surface area contributed by atoms with Gasteiger partial charge in [0.25, 0.3) is 0 Å². The molecule has 2 aromatic rings. The van der Waals surface area contributed by atoms with Gasteiger partial charge in [-0.3, -0.25) is 0 Å². The van der Waals surface area contributed by atoms with Gasteiger partial charge >= 0.3 is 0 Å². The zero-order chi connectivity index (χ0) is 13.8. The summed E-state index contributed by atoms with van der Waals surface area (Å²) in [7, 11) is 0. The van der Waals surface area contributed by atoms with Gasteiger partial charge in [0.05, 0.1) is 4.47 Å². The van der Waals surface area contributed by atoms with Crippen molar-refractivity contribution in [2.24, 2.45) is 0 Å². The van der Waals surface area contributed by atoms with E-state index in [9.17, 15) is 9.50 Å². The van der Waals surface area contributed by atoms with Crippen molar-refractivity contribution in [2.45, 2.75) is 6.10 Å². The van der Waals surface area contributed by atoms with Crippen LogP contribution in [0, 0.1) is 5.82 Å². The van der Waals surface area contributed by atoms with Crippen LogP contribution in [-0.4, -0.2) is 11.7 Å². The largest absolute Gasteiger partial charge is 0.489 e. The molecule has 0 amide bonds. The highest BCUT2D eigenvalue weighted by Crippen LogP contribution is 2.27. The number of anilines is 1. The first-order valence-electron chi connectivity index (χ1n) is 5.67. The topological polar surface area (TPSA) is 55.5 Å². The van der Waals surface area contributed by atoms with Gasteiger partial charge in [0, 0.05) is 11.8 Å². The highest BCUT2D eigenvalue weighted by Gasteiger charge is 2.10. The van der Waals surface area contributed by atoms with Crippen molar-refractivity contribution in [1.29, 1.82) is 0 Å². The standard InChI is InChI=1S/C14H13BrFNO2/c15-12-5-4-10(16)7-14(12)19-8-13(18)9-2-1-3-11(17)6-9/h1-7,13,18H,8,17H2. The number of nitrogens with two attached hydrogens (primary N) is 1. The Morgan fingerprint density at radius 1 is 1.26 bits per heavy atom. The molecule has 2 rings (SSSR count). The van der Waals surface area contributed by atoms with Crippen molar-refractivity contribution >= 4 is 21.6 Å². The number of nitrogen functional groups attached to an aromatic ring is 1. The molecule has 1 unspecified atom stereocenters. The van der Waals surface area contributed by atoms with Crippen LogP contribution in [0.4, 0.5) is 10.1 Å². The molecule has 1 atom stereocenters. The summed E-state index contributed by atoms with van der Waals surface area (Å²) in [6, 6.07) is 11.1. The Labute approximate surface area is 118 Å². The molecule has 0 aliphatic carbocycles. The second-order valence-corrected chi connectivity index (χ2v) is 4.93. The molecular weight excluding hydrogens is 313 g/mol. The predicted octanol–water partition coefficient (Wildman–Crippen LogP) is 3.28. The second kappa shape index (κ2) is 6.04. The summed E-state index contributed by atoms with van der Waals surface area (Å²) >= 11 is 3.26. The third-order valence-electron chi connectivity index (χ3n) is 2.59. The Balaban J connectivity index is 2.04. The minimum absolute atomic E-state index is 0.0194. The van der Waals surface area contributed by atoms with E-state index in [4.69, 9.17) is 10.5 Å². The lowest BCUT2D eigenvalue weighted by molar-refractivity contribution is 0.107. The fourth-order valence-corrected chi connectivity index (χ4v) is 1.98. The maximum Gasteiger partial charge on any atom is 0.136 e. The molecule has 5 heteroatoms. The summed E-state index contributed by atoms with van der Waals surface area (Å²) in [6.07, 6.45) is -0.821. The van der Waals surface area contributed by atoms with Crippen LogP contribution in [0.2, 0.25) is 0 Å². The van der Waals surface area contributed by atoms with Crippen LogP contribution in [0.15, 0.2) is 46.9 Å². The van der Waals surface area contributed by atoms with E-state index < -0.39 is 11.9 Å². The molecule has 0 radical (unpaired) electrons. The van der Waals surface area contributed by atoms with Crippen LogP contribution in [0.25, 0.3) is 0 Å². The van der Waals surface area contributed by atoms with Gasteiger partial charge in [0.15, 0.2) is 0 Å². The summed E-state index contributed by atoms with van der Waals surface area (Å²) < 4.78 is 19.1. The van der Waals surface area contributed by atoms with Gasteiger partial charge in [-0.05, 0) is 45.8 Å². The molecule has 0 aliphatic rings. The second-order valence-electron chi connectivity index (χ2n) is 4.07. The molecule has 100 valence electrons. The first-order valence-corrected chi connectivity index (χ1v) is 6.47. The van der Waals surface area contributed by atoms with Gasteiger partial charge < -0.3 is 15.6 Å². The fraction of sp³-hybridized carbons (Fsp3) is 0.143. The number of hydrogen-bond donors (Lipinski definition) is 2. The number of aliphatic hydroxyl groups is 1. The van der Waals surface area contributed by atoms with Gasteiger partial charge in [-0.2, -0.15) is 0 Å². The van der Waals surface area contributed by atoms with E-state index in [0.717, 1.165) is 0 Å². The predicted molar refractivity (Wildman–Crippen MR) is 75.4 cm³/mol. The smallest absolute Gasteiger partial charge is 0.136 e. The van der Waals surface area contributed by atoms with Crippen molar-refractivity contribution in [3.63, 3.8) is 0 Å². The quantitative estimate of drug-likeness (QED) is 0.848. The van der Waals surface area contributed by atoms with E-state index in [1.54, 1.807) is 30.3 Å². The number of hydrogen-bond acceptors (Lipinski definition) is 3. The number of halogens is 2. The Morgan fingerprint density at radius 3 is 2.79 bits per heavy atom. The van der Waals surface area contributed by atoms with Crippen LogP contribution in [-0.2, 0) is 0 Å². The Hall–Kier alpha value is -1.59. The Morgan fingerprint density at radius 2 is 2.05 bits per heavy atom. The first kappa shape index (κ1) is 13.8. The third-order valence-corrected chi connectivity index (χ3v) is 3.24. The van der Waals surface area contributed by atoms with E-state index in [2.05, 4.69) is 15.9 Å². The van der Waals surface area contributed by atoms with Gasteiger partial charge in [0.1, 0.15) is 24.3 Å². The average Bonchev–Trinajstić information content (AvgIpc) is 2.39. The van der Waals surface area contributed by atoms with Gasteiger partial charge in [-0.1, -0.05) is 12.1 Å². The molecule has 3 N–H and O–H groups in total. The Bertz CT molecular complexity index is 577. The molecule has 2 aromatic carbocycles. The van der Waals surface area contributed by atoms with Crippen molar-refractivity contribution in [1.82, 2.24) is 0 Å². The molecule has 0 spiro atoms. The number of ether oxygens (including phenoxy) is 1.